The molecule has 11 aromatic rings. The monoisotopic (exact) mass is 722 g/mol. The van der Waals surface area contributed by atoms with Gasteiger partial charge in [0.2, 0.25) is 0 Å². The first-order valence-electron chi connectivity index (χ1n) is 19.6. The Labute approximate surface area is 330 Å². The number of rotatable bonds is 4. The lowest BCUT2D eigenvalue weighted by molar-refractivity contribution is 0.769. The fourth-order valence-corrected chi connectivity index (χ4v) is 9.80. The van der Waals surface area contributed by atoms with E-state index >= 15 is 0 Å². The lowest BCUT2D eigenvalue weighted by Gasteiger charge is -2.34. The van der Waals surface area contributed by atoms with Crippen molar-refractivity contribution in [3.05, 3.63) is 229 Å². The third-order valence-corrected chi connectivity index (χ3v) is 12.4. The standard InChI is InChI=1S/C55H34N2/c1-3-13-40(14-4-1)55(41-15-5-2-6-16-41)50-33-38(37-23-27-46-44-19-8-7-17-42(44)43-18-9-10-20-45(43)49(46)32-37)24-28-47(50)48-29-25-39(34-51(48)55)52-30-26-36-22-21-35-12-11-31-56-53(35)54(36)57-52/h1-34H. The second-order valence-electron chi connectivity index (χ2n) is 15.3. The van der Waals surface area contributed by atoms with Crippen LogP contribution in [0.2, 0.25) is 0 Å². The highest BCUT2D eigenvalue weighted by molar-refractivity contribution is 6.25. The van der Waals surface area contributed by atoms with Gasteiger partial charge in [0.25, 0.3) is 0 Å². The smallest absolute Gasteiger partial charge is 0.0972 e. The van der Waals surface area contributed by atoms with Crippen LogP contribution < -0.4 is 0 Å². The van der Waals surface area contributed by atoms with Gasteiger partial charge < -0.3 is 0 Å². The Morgan fingerprint density at radius 2 is 0.825 bits per heavy atom. The van der Waals surface area contributed by atoms with Crippen molar-refractivity contribution in [3.63, 3.8) is 0 Å². The van der Waals surface area contributed by atoms with Crippen LogP contribution in [0, 0.1) is 0 Å². The molecule has 12 rings (SSSR count). The molecule has 0 radical (unpaired) electrons. The molecular formula is C55H34N2. The fraction of sp³-hybridized carbons (Fsp3) is 0.0182. The first-order chi connectivity index (χ1) is 28.3. The predicted molar refractivity (Wildman–Crippen MR) is 238 cm³/mol. The summed E-state index contributed by atoms with van der Waals surface area (Å²) >= 11 is 0. The second-order valence-corrected chi connectivity index (χ2v) is 15.3. The van der Waals surface area contributed by atoms with Gasteiger partial charge in [-0.1, -0.05) is 170 Å². The highest BCUT2D eigenvalue weighted by Crippen LogP contribution is 2.57. The number of benzene rings is 9. The minimum Gasteiger partial charge on any atom is -0.254 e. The van der Waals surface area contributed by atoms with Gasteiger partial charge in [0, 0.05) is 22.5 Å². The Kier molecular flexibility index (Phi) is 6.88. The molecule has 2 nitrogen and oxygen atoms in total. The summed E-state index contributed by atoms with van der Waals surface area (Å²) in [5.41, 5.74) is 13.2. The summed E-state index contributed by atoms with van der Waals surface area (Å²) in [6.45, 7) is 0. The van der Waals surface area contributed by atoms with Crippen LogP contribution in [-0.2, 0) is 5.41 Å². The van der Waals surface area contributed by atoms with Crippen LogP contribution in [0.25, 0.3) is 87.6 Å². The first-order valence-corrected chi connectivity index (χ1v) is 19.6. The molecule has 9 aromatic carbocycles. The number of pyridine rings is 2. The fourth-order valence-electron chi connectivity index (χ4n) is 9.80. The number of hydrogen-bond acceptors (Lipinski definition) is 2. The largest absolute Gasteiger partial charge is 0.254 e. The lowest BCUT2D eigenvalue weighted by Crippen LogP contribution is -2.28. The van der Waals surface area contributed by atoms with E-state index < -0.39 is 5.41 Å². The Morgan fingerprint density at radius 3 is 1.47 bits per heavy atom. The van der Waals surface area contributed by atoms with E-state index in [1.165, 1.54) is 76.8 Å². The molecule has 0 N–H and O–H groups in total. The van der Waals surface area contributed by atoms with Crippen molar-refractivity contribution in [2.24, 2.45) is 0 Å². The molecule has 1 aliphatic carbocycles. The zero-order chi connectivity index (χ0) is 37.5. The van der Waals surface area contributed by atoms with Crippen molar-refractivity contribution in [2.45, 2.75) is 5.41 Å². The van der Waals surface area contributed by atoms with E-state index in [1.807, 2.05) is 12.3 Å². The van der Waals surface area contributed by atoms with Gasteiger partial charge >= 0.3 is 0 Å². The van der Waals surface area contributed by atoms with Crippen LogP contribution in [0.5, 0.6) is 0 Å². The molecule has 0 amide bonds. The normalized spacial score (nSPS) is 13.1. The molecule has 0 atom stereocenters. The van der Waals surface area contributed by atoms with Crippen molar-refractivity contribution < 1.29 is 0 Å². The molecule has 1 aliphatic rings. The predicted octanol–water partition coefficient (Wildman–Crippen LogP) is 13.9. The van der Waals surface area contributed by atoms with Gasteiger partial charge in [0.05, 0.1) is 22.1 Å². The molecule has 0 spiro atoms. The van der Waals surface area contributed by atoms with Crippen molar-refractivity contribution in [1.82, 2.24) is 9.97 Å². The van der Waals surface area contributed by atoms with Gasteiger partial charge in [-0.15, -0.1) is 0 Å². The summed E-state index contributed by atoms with van der Waals surface area (Å²) in [4.78, 5) is 10.0. The zero-order valence-corrected chi connectivity index (χ0v) is 31.0. The minimum atomic E-state index is -0.565. The quantitative estimate of drug-likeness (QED) is 0.169. The highest BCUT2D eigenvalue weighted by atomic mass is 14.8. The highest BCUT2D eigenvalue weighted by Gasteiger charge is 2.46. The van der Waals surface area contributed by atoms with Gasteiger partial charge in [0.15, 0.2) is 0 Å². The van der Waals surface area contributed by atoms with Crippen LogP contribution in [0.3, 0.4) is 0 Å². The molecule has 0 bridgehead atoms. The van der Waals surface area contributed by atoms with Gasteiger partial charge in [0.1, 0.15) is 0 Å². The summed E-state index contributed by atoms with van der Waals surface area (Å²) < 4.78 is 0. The SMILES string of the molecule is c1ccc(C2(c3ccccc3)c3cc(-c4ccc5c6ccccc6c6ccccc6c5c4)ccc3-c3ccc(-c4ccc5ccc6cccnc6c5n4)cc32)cc1. The van der Waals surface area contributed by atoms with E-state index in [2.05, 4.69) is 194 Å². The van der Waals surface area contributed by atoms with E-state index in [9.17, 15) is 0 Å². The summed E-state index contributed by atoms with van der Waals surface area (Å²) in [5.74, 6) is 0. The van der Waals surface area contributed by atoms with Crippen molar-refractivity contribution in [3.8, 4) is 33.5 Å². The average molecular weight is 723 g/mol. The van der Waals surface area contributed by atoms with E-state index in [1.54, 1.807) is 0 Å². The Morgan fingerprint density at radius 1 is 0.333 bits per heavy atom. The van der Waals surface area contributed by atoms with Crippen LogP contribution in [-0.4, -0.2) is 9.97 Å². The van der Waals surface area contributed by atoms with E-state index in [0.717, 1.165) is 33.1 Å². The third kappa shape index (κ3) is 4.65. The molecule has 0 unspecified atom stereocenters. The molecule has 2 heteroatoms. The lowest BCUT2D eigenvalue weighted by atomic mass is 9.67. The number of hydrogen-bond donors (Lipinski definition) is 0. The van der Waals surface area contributed by atoms with Crippen molar-refractivity contribution in [1.29, 1.82) is 0 Å². The second kappa shape index (κ2) is 12.3. The van der Waals surface area contributed by atoms with E-state index in [0.29, 0.717) is 0 Å². The average Bonchev–Trinajstić information content (AvgIpc) is 3.59. The van der Waals surface area contributed by atoms with Crippen LogP contribution in [0.1, 0.15) is 22.3 Å². The maximum absolute atomic E-state index is 5.30. The maximum Gasteiger partial charge on any atom is 0.0972 e. The molecule has 0 aliphatic heterocycles. The molecular weight excluding hydrogens is 689 g/mol. The van der Waals surface area contributed by atoms with Crippen molar-refractivity contribution >= 4 is 54.1 Å². The third-order valence-electron chi connectivity index (χ3n) is 12.4. The summed E-state index contributed by atoms with van der Waals surface area (Å²) in [6, 6.07) is 73.6. The number of fused-ring (bicyclic) bond motifs is 12. The minimum absolute atomic E-state index is 0.565. The Hall–Kier alpha value is -7.42. The van der Waals surface area contributed by atoms with Crippen LogP contribution in [0.15, 0.2) is 206 Å². The summed E-state index contributed by atoms with van der Waals surface area (Å²) in [5, 5.41) is 9.89. The molecule has 57 heavy (non-hydrogen) atoms. The van der Waals surface area contributed by atoms with E-state index in [-0.39, 0.29) is 0 Å². The molecule has 264 valence electrons. The Balaban J connectivity index is 1.10. The van der Waals surface area contributed by atoms with Gasteiger partial charge in [-0.05, 0) is 107 Å². The molecule has 2 heterocycles. The Bertz CT molecular complexity index is 3330. The van der Waals surface area contributed by atoms with Gasteiger partial charge in [-0.2, -0.15) is 0 Å². The molecule has 0 saturated carbocycles. The summed E-state index contributed by atoms with van der Waals surface area (Å²) in [6.07, 6.45) is 1.85. The summed E-state index contributed by atoms with van der Waals surface area (Å²) in [7, 11) is 0. The van der Waals surface area contributed by atoms with Gasteiger partial charge in [-0.25, -0.2) is 4.98 Å². The topological polar surface area (TPSA) is 25.8 Å². The number of aromatic nitrogens is 2. The van der Waals surface area contributed by atoms with Crippen LogP contribution >= 0.6 is 0 Å². The molecule has 0 saturated heterocycles. The maximum atomic E-state index is 5.30. The first kappa shape index (κ1) is 31.9. The van der Waals surface area contributed by atoms with Gasteiger partial charge in [-0.3, -0.25) is 4.98 Å². The molecule has 0 fully saturated rings. The van der Waals surface area contributed by atoms with E-state index in [4.69, 9.17) is 9.97 Å². The zero-order valence-electron chi connectivity index (χ0n) is 31.0. The molecule has 2 aromatic heterocycles. The van der Waals surface area contributed by atoms with Crippen molar-refractivity contribution in [2.75, 3.05) is 0 Å². The number of nitrogens with zero attached hydrogens (tertiary/aromatic N) is 2. The van der Waals surface area contributed by atoms with Crippen LogP contribution in [0.4, 0.5) is 0 Å².